The highest BCUT2D eigenvalue weighted by atomic mass is 35.5. The Labute approximate surface area is 177 Å². The first-order chi connectivity index (χ1) is 12.0. The summed E-state index contributed by atoms with van der Waals surface area (Å²) in [5.41, 5.74) is 3.57. The largest absolute Gasteiger partial charge is 0.366 e. The van der Waals surface area contributed by atoms with E-state index in [1.807, 2.05) is 0 Å². The predicted molar refractivity (Wildman–Crippen MR) is 115 cm³/mol. The molecule has 0 spiro atoms. The second kappa shape index (κ2) is 13.0. The number of nitrogens with one attached hydrogen (secondary N) is 2. The van der Waals surface area contributed by atoms with E-state index in [-0.39, 0.29) is 24.8 Å². The maximum absolute atomic E-state index is 11.0. The number of halogens is 3. The fourth-order valence-corrected chi connectivity index (χ4v) is 2.85. The van der Waals surface area contributed by atoms with E-state index in [4.69, 9.17) is 16.8 Å². The summed E-state index contributed by atoms with van der Waals surface area (Å²) in [7, 11) is 0. The van der Waals surface area contributed by atoms with Gasteiger partial charge in [0.15, 0.2) is 0 Å². The smallest absolute Gasteiger partial charge is 0.267 e. The van der Waals surface area contributed by atoms with Crippen LogP contribution in [0.3, 0.4) is 0 Å². The molecule has 1 aliphatic heterocycles. The molecule has 3 N–H and O–H groups in total. The van der Waals surface area contributed by atoms with Crippen molar-refractivity contribution < 1.29 is 10.0 Å². The zero-order valence-electron chi connectivity index (χ0n) is 15.4. The van der Waals surface area contributed by atoms with Gasteiger partial charge in [-0.25, -0.2) is 10.5 Å². The van der Waals surface area contributed by atoms with E-state index in [2.05, 4.69) is 35.1 Å². The highest BCUT2D eigenvalue weighted by Crippen LogP contribution is 2.24. The quantitative estimate of drug-likeness (QED) is 0.272. The van der Waals surface area contributed by atoms with Crippen molar-refractivity contribution >= 4 is 54.2 Å². The highest BCUT2D eigenvalue weighted by molar-refractivity contribution is 6.33. The number of rotatable bonds is 6. The number of likely N-dealkylation sites (tertiary alicyclic amines) is 1. The lowest BCUT2D eigenvalue weighted by Crippen LogP contribution is -2.39. The number of pyridine rings is 1. The Hall–Kier alpha value is -1.31. The molecule has 0 aliphatic carbocycles. The van der Waals surface area contributed by atoms with E-state index in [0.717, 1.165) is 32.5 Å². The van der Waals surface area contributed by atoms with Crippen LogP contribution in [-0.2, 0) is 4.79 Å². The molecule has 0 saturated carbocycles. The Kier molecular flexibility index (Phi) is 12.3. The van der Waals surface area contributed by atoms with Gasteiger partial charge in [-0.05, 0) is 44.4 Å². The molecule has 1 aromatic rings. The van der Waals surface area contributed by atoms with E-state index < -0.39 is 5.91 Å². The average molecular weight is 438 g/mol. The van der Waals surface area contributed by atoms with Gasteiger partial charge in [0.1, 0.15) is 5.82 Å². The molecule has 1 amide bonds. The summed E-state index contributed by atoms with van der Waals surface area (Å²) in [4.78, 5) is 17.8. The van der Waals surface area contributed by atoms with Crippen LogP contribution in [0.5, 0.6) is 0 Å². The Balaban J connectivity index is 0.00000338. The number of aromatic nitrogens is 1. The van der Waals surface area contributed by atoms with Gasteiger partial charge in [-0.3, -0.25) is 14.9 Å². The van der Waals surface area contributed by atoms with Gasteiger partial charge in [-0.2, -0.15) is 0 Å². The number of allylic oxidation sites excluding steroid dienone is 1. The molecule has 0 unspecified atom stereocenters. The van der Waals surface area contributed by atoms with Gasteiger partial charge >= 0.3 is 0 Å². The molecule has 1 saturated heterocycles. The van der Waals surface area contributed by atoms with Crippen molar-refractivity contribution in [3.05, 3.63) is 40.6 Å². The maximum Gasteiger partial charge on any atom is 0.267 e. The molecule has 0 aromatic carbocycles. The van der Waals surface area contributed by atoms with Gasteiger partial charge in [-0.1, -0.05) is 23.3 Å². The number of anilines is 1. The van der Waals surface area contributed by atoms with Crippen LogP contribution in [0, 0.1) is 0 Å². The molecule has 1 aliphatic rings. The number of carbonyl (C=O) groups excluding carboxylic acids is 1. The first kappa shape index (κ1) is 25.7. The highest BCUT2D eigenvalue weighted by Gasteiger charge is 2.19. The Bertz CT molecular complexity index is 656. The molecule has 1 aromatic heterocycles. The molecular weight excluding hydrogens is 411 g/mol. The third kappa shape index (κ3) is 8.95. The molecule has 0 radical (unpaired) electrons. The predicted octanol–water partition coefficient (Wildman–Crippen LogP) is 3.94. The molecule has 27 heavy (non-hydrogen) atoms. The Morgan fingerprint density at radius 1 is 1.37 bits per heavy atom. The SMILES string of the molecule is CC(C)=CCN1CCC(Nc2ncc(C=CC(=O)NO)cc2Cl)CC1.Cl.Cl. The van der Waals surface area contributed by atoms with E-state index in [0.29, 0.717) is 22.4 Å². The van der Waals surface area contributed by atoms with E-state index in [9.17, 15) is 4.79 Å². The number of piperidine rings is 1. The minimum absolute atomic E-state index is 0. The average Bonchev–Trinajstić information content (AvgIpc) is 2.61. The zero-order valence-corrected chi connectivity index (χ0v) is 17.8. The number of amides is 1. The van der Waals surface area contributed by atoms with E-state index >= 15 is 0 Å². The van der Waals surface area contributed by atoms with Crippen LogP contribution < -0.4 is 10.8 Å². The summed E-state index contributed by atoms with van der Waals surface area (Å²) in [5.74, 6) is 0.0615. The molecule has 2 rings (SSSR count). The van der Waals surface area contributed by atoms with Crippen molar-refractivity contribution in [1.82, 2.24) is 15.4 Å². The van der Waals surface area contributed by atoms with Gasteiger partial charge in [0.2, 0.25) is 0 Å². The Morgan fingerprint density at radius 2 is 2.04 bits per heavy atom. The Morgan fingerprint density at radius 3 is 2.59 bits per heavy atom. The van der Waals surface area contributed by atoms with Crippen molar-refractivity contribution in [2.45, 2.75) is 32.7 Å². The van der Waals surface area contributed by atoms with Crippen LogP contribution in [-0.4, -0.2) is 46.7 Å². The van der Waals surface area contributed by atoms with E-state index in [1.54, 1.807) is 12.3 Å². The summed E-state index contributed by atoms with van der Waals surface area (Å²) >= 11 is 6.28. The van der Waals surface area contributed by atoms with Gasteiger partial charge in [0, 0.05) is 37.9 Å². The molecule has 1 fully saturated rings. The van der Waals surface area contributed by atoms with E-state index in [1.165, 1.54) is 23.2 Å². The lowest BCUT2D eigenvalue weighted by atomic mass is 10.0. The molecule has 9 heteroatoms. The molecular formula is C18H27Cl3N4O2. The lowest BCUT2D eigenvalue weighted by Gasteiger charge is -2.32. The van der Waals surface area contributed by atoms with Gasteiger partial charge < -0.3 is 5.32 Å². The number of hydrogen-bond donors (Lipinski definition) is 3. The fraction of sp³-hybridized carbons (Fsp3) is 0.444. The summed E-state index contributed by atoms with van der Waals surface area (Å²) in [6.07, 6.45) is 8.74. The van der Waals surface area contributed by atoms with Crippen molar-refractivity contribution in [1.29, 1.82) is 0 Å². The van der Waals surface area contributed by atoms with Crippen LogP contribution >= 0.6 is 36.4 Å². The maximum atomic E-state index is 11.0. The first-order valence-corrected chi connectivity index (χ1v) is 8.75. The van der Waals surface area contributed by atoms with Gasteiger partial charge in [0.25, 0.3) is 5.91 Å². The lowest BCUT2D eigenvalue weighted by molar-refractivity contribution is -0.124. The van der Waals surface area contributed by atoms with Crippen molar-refractivity contribution in [3.8, 4) is 0 Å². The summed E-state index contributed by atoms with van der Waals surface area (Å²) in [5, 5.41) is 12.4. The number of carbonyl (C=O) groups is 1. The standard InChI is InChI=1S/C18H25ClN4O2.2ClH/c1-13(2)5-8-23-9-6-15(7-10-23)21-18-16(19)11-14(12-20-18)3-4-17(24)22-25;;/h3-5,11-12,15,25H,6-10H2,1-2H3,(H,20,21)(H,22,24);2*1H. The number of nitrogens with zero attached hydrogens (tertiary/aromatic N) is 2. The van der Waals surface area contributed by atoms with Crippen molar-refractivity contribution in [3.63, 3.8) is 0 Å². The number of hydrogen-bond acceptors (Lipinski definition) is 5. The van der Waals surface area contributed by atoms with Gasteiger partial charge in [0.05, 0.1) is 5.02 Å². The second-order valence-electron chi connectivity index (χ2n) is 6.41. The van der Waals surface area contributed by atoms with Crippen LogP contribution in [0.4, 0.5) is 5.82 Å². The van der Waals surface area contributed by atoms with Crippen LogP contribution in [0.15, 0.2) is 30.0 Å². The summed E-state index contributed by atoms with van der Waals surface area (Å²) in [6.45, 7) is 7.36. The third-order valence-electron chi connectivity index (χ3n) is 4.09. The molecule has 2 heterocycles. The third-order valence-corrected chi connectivity index (χ3v) is 4.37. The molecule has 6 nitrogen and oxygen atoms in total. The van der Waals surface area contributed by atoms with Crippen molar-refractivity contribution in [2.24, 2.45) is 0 Å². The minimum Gasteiger partial charge on any atom is -0.366 e. The van der Waals surface area contributed by atoms with Crippen LogP contribution in [0.2, 0.25) is 5.02 Å². The fourth-order valence-electron chi connectivity index (χ4n) is 2.62. The second-order valence-corrected chi connectivity index (χ2v) is 6.82. The van der Waals surface area contributed by atoms with Crippen molar-refractivity contribution in [2.75, 3.05) is 25.0 Å². The molecule has 0 bridgehead atoms. The summed E-state index contributed by atoms with van der Waals surface area (Å²) in [6, 6.07) is 2.09. The topological polar surface area (TPSA) is 77.5 Å². The normalized spacial score (nSPS) is 14.8. The van der Waals surface area contributed by atoms with Crippen LogP contribution in [0.25, 0.3) is 6.08 Å². The minimum atomic E-state index is -0.599. The summed E-state index contributed by atoms with van der Waals surface area (Å²) < 4.78 is 0. The first-order valence-electron chi connectivity index (χ1n) is 8.38. The zero-order chi connectivity index (χ0) is 18.2. The molecule has 0 atom stereocenters. The van der Waals surface area contributed by atoms with Gasteiger partial charge in [-0.15, -0.1) is 24.8 Å². The van der Waals surface area contributed by atoms with Crippen LogP contribution in [0.1, 0.15) is 32.3 Å². The number of hydroxylamine groups is 1. The molecule has 152 valence electrons. The monoisotopic (exact) mass is 436 g/mol.